The number of nitrogens with one attached hydrogen (secondary N) is 1. The summed E-state index contributed by atoms with van der Waals surface area (Å²) in [5.41, 5.74) is 0.939. The molecular weight excluding hydrogens is 583 g/mol. The van der Waals surface area contributed by atoms with E-state index in [2.05, 4.69) is 30.0 Å². The minimum Gasteiger partial charge on any atom is -0.461 e. The van der Waals surface area contributed by atoms with Gasteiger partial charge in [-0.3, -0.25) is 15.0 Å². The molecule has 0 unspecified atom stereocenters. The molecule has 12 heteroatoms. The Morgan fingerprint density at radius 1 is 1.04 bits per heavy atom. The largest absolute Gasteiger partial charge is 0.461 e. The highest BCUT2D eigenvalue weighted by molar-refractivity contribution is 5.99. The molecule has 0 amide bonds. The topological polar surface area (TPSA) is 92.3 Å². The van der Waals surface area contributed by atoms with E-state index in [-0.39, 0.29) is 29.7 Å². The summed E-state index contributed by atoms with van der Waals surface area (Å²) in [6, 6.07) is 1.47. The predicted octanol–water partition coefficient (Wildman–Crippen LogP) is 5.76. The summed E-state index contributed by atoms with van der Waals surface area (Å²) < 4.78 is 59.5. The van der Waals surface area contributed by atoms with Gasteiger partial charge in [-0.2, -0.15) is 15.1 Å². The van der Waals surface area contributed by atoms with Crippen molar-refractivity contribution in [1.82, 2.24) is 30.0 Å². The maximum absolute atomic E-state index is 16.9. The van der Waals surface area contributed by atoms with Crippen LogP contribution in [0.3, 0.4) is 0 Å². The van der Waals surface area contributed by atoms with E-state index in [1.807, 2.05) is 0 Å². The lowest BCUT2D eigenvalue weighted by molar-refractivity contribution is 0.0961. The summed E-state index contributed by atoms with van der Waals surface area (Å²) in [6.07, 6.45) is 9.44. The van der Waals surface area contributed by atoms with Crippen molar-refractivity contribution in [3.8, 4) is 17.3 Å². The lowest BCUT2D eigenvalue weighted by atomic mass is 9.94. The van der Waals surface area contributed by atoms with Crippen LogP contribution in [0.4, 0.5) is 19.0 Å². The first kappa shape index (κ1) is 28.9. The Kier molecular flexibility index (Phi) is 7.52. The second kappa shape index (κ2) is 11.7. The number of pyridine rings is 1. The van der Waals surface area contributed by atoms with Crippen LogP contribution in [0.5, 0.6) is 6.01 Å². The van der Waals surface area contributed by atoms with Gasteiger partial charge in [-0.1, -0.05) is 6.42 Å². The molecule has 3 aromatic heterocycles. The van der Waals surface area contributed by atoms with Crippen LogP contribution >= 0.6 is 0 Å². The normalized spacial score (nSPS) is 26.1. The van der Waals surface area contributed by atoms with Crippen LogP contribution in [0, 0.1) is 17.6 Å². The number of rotatable bonds is 3. The zero-order chi connectivity index (χ0) is 30.5. The SMILES string of the molecule is Fc1cc2[nH]ncc2c2c1CCCCOC[C@H]1CCCCN(C1)c1nc(OC[C@@]34CCCN3C[C@H](F)C4)nc3c(F)c-2ncc13. The van der Waals surface area contributed by atoms with Gasteiger partial charge in [0.2, 0.25) is 0 Å². The van der Waals surface area contributed by atoms with Crippen LogP contribution in [0.2, 0.25) is 0 Å². The number of ether oxygens (including phenoxy) is 2. The van der Waals surface area contributed by atoms with Gasteiger partial charge in [-0.25, -0.2) is 13.2 Å². The molecular formula is C33H38F3N7O2. The van der Waals surface area contributed by atoms with Gasteiger partial charge >= 0.3 is 6.01 Å². The predicted molar refractivity (Wildman–Crippen MR) is 164 cm³/mol. The Bertz CT molecular complexity index is 1730. The molecule has 4 aromatic rings. The van der Waals surface area contributed by atoms with Crippen LogP contribution in [0.1, 0.15) is 56.9 Å². The molecule has 0 spiro atoms. The second-order valence-electron chi connectivity index (χ2n) is 13.3. The molecule has 1 aromatic carbocycles. The highest BCUT2D eigenvalue weighted by Gasteiger charge is 2.49. The first-order valence-electron chi connectivity index (χ1n) is 16.3. The molecule has 3 fully saturated rings. The number of halogens is 3. The van der Waals surface area contributed by atoms with Crippen molar-refractivity contribution in [2.24, 2.45) is 5.92 Å². The molecule has 5 aliphatic rings. The van der Waals surface area contributed by atoms with E-state index in [0.717, 1.165) is 51.6 Å². The number of anilines is 1. The lowest BCUT2D eigenvalue weighted by Crippen LogP contribution is -2.43. The third kappa shape index (κ3) is 5.19. The Balaban J connectivity index is 1.29. The van der Waals surface area contributed by atoms with Crippen LogP contribution < -0.4 is 9.64 Å². The molecule has 3 atom stereocenters. The van der Waals surface area contributed by atoms with Gasteiger partial charge in [-0.15, -0.1) is 0 Å². The van der Waals surface area contributed by atoms with E-state index < -0.39 is 23.3 Å². The third-order valence-corrected chi connectivity index (χ3v) is 10.3. The lowest BCUT2D eigenvalue weighted by Gasteiger charge is -2.31. The van der Waals surface area contributed by atoms with Gasteiger partial charge in [0.15, 0.2) is 5.82 Å². The Hall–Kier alpha value is -3.51. The molecule has 0 saturated carbocycles. The molecule has 5 aliphatic heterocycles. The number of aromatic nitrogens is 5. The van der Waals surface area contributed by atoms with Crippen molar-refractivity contribution in [2.75, 3.05) is 50.9 Å². The summed E-state index contributed by atoms with van der Waals surface area (Å²) in [5, 5.41) is 8.02. The number of benzene rings is 1. The highest BCUT2D eigenvalue weighted by atomic mass is 19.1. The first-order valence-corrected chi connectivity index (χ1v) is 16.3. The summed E-state index contributed by atoms with van der Waals surface area (Å²) in [7, 11) is 0. The first-order chi connectivity index (χ1) is 22.0. The maximum Gasteiger partial charge on any atom is 0.319 e. The number of hydrogen-bond donors (Lipinski definition) is 1. The Morgan fingerprint density at radius 2 is 1.98 bits per heavy atom. The van der Waals surface area contributed by atoms with Gasteiger partial charge in [-0.05, 0) is 69.0 Å². The fourth-order valence-electron chi connectivity index (χ4n) is 8.08. The fourth-order valence-corrected chi connectivity index (χ4v) is 8.08. The van der Waals surface area contributed by atoms with Gasteiger partial charge in [0, 0.05) is 49.8 Å². The number of hydrogen-bond acceptors (Lipinski definition) is 8. The summed E-state index contributed by atoms with van der Waals surface area (Å²) in [5.74, 6) is -0.235. The fraction of sp³-hybridized carbons (Fsp3) is 0.576. The van der Waals surface area contributed by atoms with Crippen molar-refractivity contribution in [1.29, 1.82) is 0 Å². The molecule has 9 rings (SSSR count). The number of fused-ring (bicyclic) bond motifs is 8. The molecule has 238 valence electrons. The van der Waals surface area contributed by atoms with Crippen molar-refractivity contribution in [3.63, 3.8) is 0 Å². The van der Waals surface area contributed by atoms with Gasteiger partial charge < -0.3 is 14.4 Å². The maximum atomic E-state index is 16.9. The van der Waals surface area contributed by atoms with E-state index in [4.69, 9.17) is 14.5 Å². The van der Waals surface area contributed by atoms with Gasteiger partial charge in [0.25, 0.3) is 0 Å². The van der Waals surface area contributed by atoms with E-state index >= 15 is 8.78 Å². The monoisotopic (exact) mass is 621 g/mol. The minimum absolute atomic E-state index is 0.0210. The van der Waals surface area contributed by atoms with Crippen molar-refractivity contribution in [2.45, 2.75) is 69.5 Å². The minimum atomic E-state index is -0.892. The molecule has 45 heavy (non-hydrogen) atoms. The van der Waals surface area contributed by atoms with E-state index in [1.165, 1.54) is 6.07 Å². The molecule has 0 radical (unpaired) electrons. The van der Waals surface area contributed by atoms with E-state index in [1.54, 1.807) is 12.4 Å². The van der Waals surface area contributed by atoms with Gasteiger partial charge in [0.1, 0.15) is 35.6 Å². The summed E-state index contributed by atoms with van der Waals surface area (Å²) >= 11 is 0. The number of alkyl halides is 1. The second-order valence-corrected chi connectivity index (χ2v) is 13.3. The van der Waals surface area contributed by atoms with Crippen LogP contribution in [0.25, 0.3) is 33.1 Å². The Morgan fingerprint density at radius 3 is 2.91 bits per heavy atom. The average Bonchev–Trinajstić information content (AvgIpc) is 3.67. The molecule has 3 saturated heterocycles. The molecule has 0 aliphatic carbocycles. The number of aromatic amines is 1. The number of H-pyrrole nitrogens is 1. The zero-order valence-corrected chi connectivity index (χ0v) is 25.3. The highest BCUT2D eigenvalue weighted by Crippen LogP contribution is 2.42. The van der Waals surface area contributed by atoms with E-state index in [9.17, 15) is 4.39 Å². The Labute approximate surface area is 259 Å². The third-order valence-electron chi connectivity index (χ3n) is 10.3. The smallest absolute Gasteiger partial charge is 0.319 e. The number of nitrogens with zero attached hydrogens (tertiary/aromatic N) is 6. The molecule has 1 N–H and O–H groups in total. The summed E-state index contributed by atoms with van der Waals surface area (Å²) in [6.45, 7) is 4.13. The van der Waals surface area contributed by atoms with Gasteiger partial charge in [0.05, 0.1) is 29.2 Å². The van der Waals surface area contributed by atoms with Crippen molar-refractivity contribution < 1.29 is 22.6 Å². The molecule has 9 nitrogen and oxygen atoms in total. The van der Waals surface area contributed by atoms with Crippen molar-refractivity contribution >= 4 is 27.6 Å². The quantitative estimate of drug-likeness (QED) is 0.309. The molecule has 6 bridgehead atoms. The van der Waals surface area contributed by atoms with E-state index in [0.29, 0.717) is 78.8 Å². The standard InChI is InChI=1S/C33H38F3N7O2/c34-21-13-33(8-5-10-43(33)17-21)19-45-32-39-29-24-14-37-30(28(29)36)27-22(25(35)12-26-23(27)15-38-41-26)7-2-4-11-44-18-20-6-1-3-9-42(16-20)31(24)40-32/h12,14-15,20-21H,1-11,13,16-19H2,(H,38,41)/t20-,21+,33-/m0/s1. The van der Waals surface area contributed by atoms with Crippen molar-refractivity contribution in [3.05, 3.63) is 35.7 Å². The molecule has 8 heterocycles. The van der Waals surface area contributed by atoms with Crippen LogP contribution in [0.15, 0.2) is 18.5 Å². The average molecular weight is 622 g/mol. The van der Waals surface area contributed by atoms with Crippen LogP contribution in [-0.2, 0) is 11.2 Å². The zero-order valence-electron chi connectivity index (χ0n) is 25.3. The van der Waals surface area contributed by atoms with Crippen LogP contribution in [-0.4, -0.2) is 87.8 Å². The summed E-state index contributed by atoms with van der Waals surface area (Å²) in [4.78, 5) is 18.5.